The molecule has 1 heterocycles. The fourth-order valence-corrected chi connectivity index (χ4v) is 3.69. The van der Waals surface area contributed by atoms with Crippen LogP contribution in [0, 0.1) is 10.1 Å². The summed E-state index contributed by atoms with van der Waals surface area (Å²) < 4.78 is 0. The minimum atomic E-state index is -0.467. The van der Waals surface area contributed by atoms with E-state index in [1.54, 1.807) is 29.2 Å². The molecule has 4 rings (SSSR count). The van der Waals surface area contributed by atoms with Crippen molar-refractivity contribution in [3.05, 3.63) is 106 Å². The number of rotatable bonds is 5. The molecule has 7 heteroatoms. The van der Waals surface area contributed by atoms with Crippen LogP contribution in [0.4, 0.5) is 17.1 Å². The minimum absolute atomic E-state index is 0.000417. The first-order valence-corrected chi connectivity index (χ1v) is 10.2. The normalized spacial score (nSPS) is 12.9. The second-order valence-corrected chi connectivity index (χ2v) is 7.44. The monoisotopic (exact) mass is 427 g/mol. The Morgan fingerprint density at radius 1 is 1.00 bits per heavy atom. The maximum Gasteiger partial charge on any atom is 0.269 e. The zero-order valence-corrected chi connectivity index (χ0v) is 17.2. The molecular weight excluding hydrogens is 406 g/mol. The van der Waals surface area contributed by atoms with E-state index in [9.17, 15) is 19.7 Å². The Kier molecular flexibility index (Phi) is 6.07. The summed E-state index contributed by atoms with van der Waals surface area (Å²) in [5.74, 6) is -0.342. The Bertz CT molecular complexity index is 1190. The van der Waals surface area contributed by atoms with E-state index in [1.165, 1.54) is 18.2 Å². The number of carbonyl (C=O) groups excluding carboxylic acids is 2. The summed E-state index contributed by atoms with van der Waals surface area (Å²) in [4.78, 5) is 37.3. The molecule has 0 aromatic heterocycles. The van der Waals surface area contributed by atoms with E-state index in [1.807, 2.05) is 42.5 Å². The predicted octanol–water partition coefficient (Wildman–Crippen LogP) is 4.84. The molecule has 1 aliphatic heterocycles. The largest absolute Gasteiger partial charge is 0.323 e. The highest BCUT2D eigenvalue weighted by atomic mass is 16.6. The number of hydrogen-bond donors (Lipinski definition) is 1. The third kappa shape index (κ3) is 4.73. The van der Waals surface area contributed by atoms with Crippen LogP contribution >= 0.6 is 0 Å². The summed E-state index contributed by atoms with van der Waals surface area (Å²) in [5, 5.41) is 13.5. The van der Waals surface area contributed by atoms with Crippen molar-refractivity contribution in [2.45, 2.75) is 12.8 Å². The van der Waals surface area contributed by atoms with Gasteiger partial charge in [0.15, 0.2) is 0 Å². The van der Waals surface area contributed by atoms with Gasteiger partial charge in [-0.3, -0.25) is 19.7 Å². The molecule has 32 heavy (non-hydrogen) atoms. The summed E-state index contributed by atoms with van der Waals surface area (Å²) in [5.41, 5.74) is 3.86. The molecule has 0 fully saturated rings. The van der Waals surface area contributed by atoms with Crippen LogP contribution in [0.15, 0.2) is 78.9 Å². The van der Waals surface area contributed by atoms with Crippen LogP contribution in [0.2, 0.25) is 0 Å². The second kappa shape index (κ2) is 9.26. The molecule has 2 amide bonds. The Balaban J connectivity index is 1.45. The lowest BCUT2D eigenvalue weighted by molar-refractivity contribution is -0.384. The minimum Gasteiger partial charge on any atom is -0.323 e. The van der Waals surface area contributed by atoms with Crippen LogP contribution in [0.25, 0.3) is 6.08 Å². The van der Waals surface area contributed by atoms with Crippen molar-refractivity contribution in [1.29, 1.82) is 0 Å². The van der Waals surface area contributed by atoms with Gasteiger partial charge in [-0.15, -0.1) is 0 Å². The maximum atomic E-state index is 12.9. The molecule has 7 nitrogen and oxygen atoms in total. The highest BCUT2D eigenvalue weighted by molar-refractivity contribution is 6.07. The number of amides is 2. The van der Waals surface area contributed by atoms with Crippen molar-refractivity contribution < 1.29 is 14.5 Å². The summed E-state index contributed by atoms with van der Waals surface area (Å²) >= 11 is 0. The molecule has 0 radical (unpaired) electrons. The van der Waals surface area contributed by atoms with E-state index in [-0.39, 0.29) is 17.5 Å². The molecule has 1 N–H and O–H groups in total. The van der Waals surface area contributed by atoms with Crippen molar-refractivity contribution in [1.82, 2.24) is 0 Å². The molecule has 0 unspecified atom stereocenters. The van der Waals surface area contributed by atoms with Crippen molar-refractivity contribution >= 4 is 35.0 Å². The van der Waals surface area contributed by atoms with Crippen molar-refractivity contribution in [3.8, 4) is 0 Å². The Labute approximate surface area is 185 Å². The summed E-state index contributed by atoms with van der Waals surface area (Å²) in [6, 6.07) is 20.7. The van der Waals surface area contributed by atoms with Gasteiger partial charge in [0, 0.05) is 41.7 Å². The predicted molar refractivity (Wildman–Crippen MR) is 124 cm³/mol. The van der Waals surface area contributed by atoms with Gasteiger partial charge in [0.05, 0.1) is 4.92 Å². The van der Waals surface area contributed by atoms with E-state index >= 15 is 0 Å². The van der Waals surface area contributed by atoms with E-state index in [2.05, 4.69) is 5.32 Å². The second-order valence-electron chi connectivity index (χ2n) is 7.44. The Hall–Kier alpha value is -4.26. The van der Waals surface area contributed by atoms with Gasteiger partial charge in [-0.25, -0.2) is 0 Å². The molecule has 0 spiro atoms. The lowest BCUT2D eigenvalue weighted by atomic mass is 10.00. The molecule has 0 saturated carbocycles. The first-order valence-electron chi connectivity index (χ1n) is 10.2. The van der Waals surface area contributed by atoms with Gasteiger partial charge in [-0.05, 0) is 72.5 Å². The van der Waals surface area contributed by atoms with E-state index in [0.717, 1.165) is 24.1 Å². The van der Waals surface area contributed by atoms with Crippen molar-refractivity contribution in [2.75, 3.05) is 16.8 Å². The maximum absolute atomic E-state index is 12.9. The number of nitro groups is 1. The van der Waals surface area contributed by atoms with Crippen molar-refractivity contribution in [2.24, 2.45) is 0 Å². The molecule has 0 atom stereocenters. The van der Waals surface area contributed by atoms with Gasteiger partial charge in [0.1, 0.15) is 0 Å². The first-order chi connectivity index (χ1) is 15.5. The number of nitrogens with one attached hydrogen (secondary N) is 1. The smallest absolute Gasteiger partial charge is 0.269 e. The van der Waals surface area contributed by atoms with Gasteiger partial charge < -0.3 is 10.2 Å². The number of hydrogen-bond acceptors (Lipinski definition) is 4. The number of nitro benzene ring substituents is 1. The van der Waals surface area contributed by atoms with Gasteiger partial charge in [0.2, 0.25) is 5.91 Å². The van der Waals surface area contributed by atoms with Gasteiger partial charge in [-0.1, -0.05) is 18.2 Å². The fourth-order valence-electron chi connectivity index (χ4n) is 3.69. The summed E-state index contributed by atoms with van der Waals surface area (Å²) in [7, 11) is 0. The van der Waals surface area contributed by atoms with Crippen LogP contribution in [0.1, 0.15) is 27.9 Å². The first kappa shape index (κ1) is 21.0. The molecule has 160 valence electrons. The highest BCUT2D eigenvalue weighted by Gasteiger charge is 2.23. The highest BCUT2D eigenvalue weighted by Crippen LogP contribution is 2.31. The summed E-state index contributed by atoms with van der Waals surface area (Å²) in [6.45, 7) is 0.657. The molecular formula is C25H21N3O4. The third-order valence-corrected chi connectivity index (χ3v) is 5.26. The Morgan fingerprint density at radius 3 is 2.47 bits per heavy atom. The quantitative estimate of drug-likeness (QED) is 0.358. The zero-order valence-electron chi connectivity index (χ0n) is 17.2. The topological polar surface area (TPSA) is 92.5 Å². The van der Waals surface area contributed by atoms with E-state index in [0.29, 0.717) is 23.4 Å². The standard InChI is InChI=1S/C25H21N3O4/c29-24(15-10-18-8-12-22(13-9-18)28(31)32)26-21-11-14-23-20(17-21)7-4-16-27(23)25(30)19-5-2-1-3-6-19/h1-3,5-6,8-15,17H,4,7,16H2,(H,26,29). The number of non-ortho nitro benzene ring substituents is 1. The van der Waals surface area contributed by atoms with Crippen molar-refractivity contribution in [3.63, 3.8) is 0 Å². The number of carbonyl (C=O) groups is 2. The molecule has 3 aromatic rings. The number of fused-ring (bicyclic) bond motifs is 1. The lowest BCUT2D eigenvalue weighted by Gasteiger charge is -2.30. The molecule has 3 aromatic carbocycles. The zero-order chi connectivity index (χ0) is 22.5. The number of anilines is 2. The molecule has 0 saturated heterocycles. The van der Waals surface area contributed by atoms with Gasteiger partial charge >= 0.3 is 0 Å². The Morgan fingerprint density at radius 2 is 1.75 bits per heavy atom. The molecule has 0 bridgehead atoms. The van der Waals surface area contributed by atoms with Gasteiger partial charge in [-0.2, -0.15) is 0 Å². The summed E-state index contributed by atoms with van der Waals surface area (Å²) in [6.07, 6.45) is 4.66. The van der Waals surface area contributed by atoms with Crippen LogP contribution in [0.3, 0.4) is 0 Å². The van der Waals surface area contributed by atoms with Crippen LogP contribution < -0.4 is 10.2 Å². The molecule has 1 aliphatic rings. The average Bonchev–Trinajstić information content (AvgIpc) is 2.82. The SMILES string of the molecule is O=C(C=Cc1ccc([N+](=O)[O-])cc1)Nc1ccc2c(c1)CCCN2C(=O)c1ccccc1. The molecule has 0 aliphatic carbocycles. The average molecular weight is 427 g/mol. The van der Waals surface area contributed by atoms with Crippen LogP contribution in [0.5, 0.6) is 0 Å². The fraction of sp³-hybridized carbons (Fsp3) is 0.120. The van der Waals surface area contributed by atoms with Crippen LogP contribution in [-0.2, 0) is 11.2 Å². The van der Waals surface area contributed by atoms with Gasteiger partial charge in [0.25, 0.3) is 11.6 Å². The lowest BCUT2D eigenvalue weighted by Crippen LogP contribution is -2.35. The number of benzene rings is 3. The van der Waals surface area contributed by atoms with E-state index in [4.69, 9.17) is 0 Å². The number of aryl methyl sites for hydroxylation is 1. The number of nitrogens with zero attached hydrogens (tertiary/aromatic N) is 2. The third-order valence-electron chi connectivity index (χ3n) is 5.26. The van der Waals surface area contributed by atoms with Crippen LogP contribution in [-0.4, -0.2) is 23.3 Å². The van der Waals surface area contributed by atoms with E-state index < -0.39 is 4.92 Å².